The van der Waals surface area contributed by atoms with Gasteiger partial charge in [0.15, 0.2) is 0 Å². The smallest absolute Gasteiger partial charge is 0.248 e. The van der Waals surface area contributed by atoms with Crippen LogP contribution in [0.2, 0.25) is 0 Å². The SMILES string of the molecule is c1ccc(-c2cc(-c3ccccc3)nc(-n3c4ccccc4n4c5c(nc34)oc3ccccc35)n2)cc1. The Labute approximate surface area is 211 Å². The molecule has 4 heterocycles. The zero-order valence-corrected chi connectivity index (χ0v) is 19.6. The molecule has 0 amide bonds. The van der Waals surface area contributed by atoms with Crippen molar-refractivity contribution in [1.82, 2.24) is 23.9 Å². The highest BCUT2D eigenvalue weighted by Crippen LogP contribution is 2.35. The maximum atomic E-state index is 6.14. The van der Waals surface area contributed by atoms with Crippen LogP contribution >= 0.6 is 0 Å². The Bertz CT molecular complexity index is 2030. The lowest BCUT2D eigenvalue weighted by Gasteiger charge is -2.10. The fourth-order valence-corrected chi connectivity index (χ4v) is 5.13. The van der Waals surface area contributed by atoms with Crippen molar-refractivity contribution in [1.29, 1.82) is 0 Å². The van der Waals surface area contributed by atoms with Crippen LogP contribution in [-0.4, -0.2) is 23.9 Å². The van der Waals surface area contributed by atoms with E-state index in [1.54, 1.807) is 0 Å². The Morgan fingerprint density at radius 1 is 0.568 bits per heavy atom. The Morgan fingerprint density at radius 3 is 1.86 bits per heavy atom. The number of aromatic nitrogens is 5. The van der Waals surface area contributed by atoms with E-state index in [-0.39, 0.29) is 0 Å². The summed E-state index contributed by atoms with van der Waals surface area (Å²) < 4.78 is 10.3. The first-order chi connectivity index (χ1) is 18.3. The first-order valence-corrected chi connectivity index (χ1v) is 12.1. The van der Waals surface area contributed by atoms with Crippen LogP contribution in [0.1, 0.15) is 0 Å². The van der Waals surface area contributed by atoms with Gasteiger partial charge in [-0.05, 0) is 30.3 Å². The molecule has 0 aliphatic carbocycles. The van der Waals surface area contributed by atoms with Gasteiger partial charge in [0.25, 0.3) is 0 Å². The van der Waals surface area contributed by atoms with Crippen LogP contribution in [0, 0.1) is 0 Å². The van der Waals surface area contributed by atoms with Crippen molar-refractivity contribution in [2.24, 2.45) is 0 Å². The van der Waals surface area contributed by atoms with Crippen molar-refractivity contribution >= 4 is 39.0 Å². The van der Waals surface area contributed by atoms with E-state index >= 15 is 0 Å². The van der Waals surface area contributed by atoms with Gasteiger partial charge < -0.3 is 4.42 Å². The number of fused-ring (bicyclic) bond motifs is 7. The molecule has 6 nitrogen and oxygen atoms in total. The number of nitrogens with zero attached hydrogens (tertiary/aromatic N) is 5. The van der Waals surface area contributed by atoms with Crippen LogP contribution in [-0.2, 0) is 0 Å². The van der Waals surface area contributed by atoms with Crippen molar-refractivity contribution in [2.45, 2.75) is 0 Å². The van der Waals surface area contributed by atoms with Gasteiger partial charge >= 0.3 is 0 Å². The first kappa shape index (κ1) is 20.0. The van der Waals surface area contributed by atoms with Crippen molar-refractivity contribution in [2.75, 3.05) is 0 Å². The zero-order chi connectivity index (χ0) is 24.3. The summed E-state index contributed by atoms with van der Waals surface area (Å²) in [5.74, 6) is 1.27. The van der Waals surface area contributed by atoms with Crippen LogP contribution in [0.3, 0.4) is 0 Å². The summed E-state index contributed by atoms with van der Waals surface area (Å²) in [4.78, 5) is 15.1. The average molecular weight is 478 g/mol. The Balaban J connectivity index is 1.49. The maximum Gasteiger partial charge on any atom is 0.248 e. The molecule has 0 aliphatic rings. The Morgan fingerprint density at radius 2 is 1.16 bits per heavy atom. The predicted octanol–water partition coefficient (Wildman–Crippen LogP) is 7.30. The van der Waals surface area contributed by atoms with E-state index in [0.29, 0.717) is 17.4 Å². The number of hydrogen-bond acceptors (Lipinski definition) is 4. The van der Waals surface area contributed by atoms with E-state index in [9.17, 15) is 0 Å². The summed E-state index contributed by atoms with van der Waals surface area (Å²) in [6.45, 7) is 0. The van der Waals surface area contributed by atoms with E-state index in [1.807, 2.05) is 77.4 Å². The molecular formula is C31H19N5O. The molecule has 8 rings (SSSR count). The summed E-state index contributed by atoms with van der Waals surface area (Å²) in [7, 11) is 0. The number of rotatable bonds is 3. The van der Waals surface area contributed by atoms with E-state index in [0.717, 1.165) is 50.0 Å². The molecule has 0 fully saturated rings. The number of hydrogen-bond donors (Lipinski definition) is 0. The molecule has 0 N–H and O–H groups in total. The third-order valence-corrected chi connectivity index (χ3v) is 6.79. The van der Waals surface area contributed by atoms with Gasteiger partial charge in [-0.25, -0.2) is 14.5 Å². The minimum Gasteiger partial charge on any atom is -0.436 e. The Hall–Kier alpha value is -5.23. The minimum absolute atomic E-state index is 0.559. The molecule has 174 valence electrons. The molecule has 0 spiro atoms. The highest BCUT2D eigenvalue weighted by atomic mass is 16.3. The predicted molar refractivity (Wildman–Crippen MR) is 146 cm³/mol. The third-order valence-electron chi connectivity index (χ3n) is 6.79. The van der Waals surface area contributed by atoms with Crippen LogP contribution in [0.5, 0.6) is 0 Å². The molecule has 0 bridgehead atoms. The lowest BCUT2D eigenvalue weighted by Crippen LogP contribution is -2.04. The minimum atomic E-state index is 0.559. The second-order valence-electron chi connectivity index (χ2n) is 8.99. The number of furan rings is 1. The molecule has 0 atom stereocenters. The standard InChI is InChI=1S/C31H19N5O/c1-3-11-20(12-4-1)23-19-24(21-13-5-2-6-14-21)33-30(32-23)36-26-17-9-8-16-25(26)35-28-22-15-7-10-18-27(22)37-29(28)34-31(35)36/h1-19H. The molecule has 6 heteroatoms. The van der Waals surface area contributed by atoms with E-state index in [1.165, 1.54) is 0 Å². The van der Waals surface area contributed by atoms with Gasteiger partial charge in [-0.2, -0.15) is 4.98 Å². The zero-order valence-electron chi connectivity index (χ0n) is 19.6. The van der Waals surface area contributed by atoms with Crippen LogP contribution in [0.4, 0.5) is 0 Å². The summed E-state index contributed by atoms with van der Waals surface area (Å²) in [6, 6.07) is 38.7. The summed E-state index contributed by atoms with van der Waals surface area (Å²) in [6.07, 6.45) is 0. The van der Waals surface area contributed by atoms with Crippen molar-refractivity contribution in [3.05, 3.63) is 115 Å². The second kappa shape index (κ2) is 7.63. The molecule has 0 aliphatic heterocycles. The average Bonchev–Trinajstić information content (AvgIpc) is 3.60. The fraction of sp³-hybridized carbons (Fsp3) is 0. The summed E-state index contributed by atoms with van der Waals surface area (Å²) in [5, 5.41) is 1.02. The normalized spacial score (nSPS) is 11.8. The van der Waals surface area contributed by atoms with Gasteiger partial charge in [0.1, 0.15) is 11.1 Å². The fourth-order valence-electron chi connectivity index (χ4n) is 5.13. The highest BCUT2D eigenvalue weighted by molar-refractivity contribution is 6.05. The molecule has 37 heavy (non-hydrogen) atoms. The number of para-hydroxylation sites is 3. The lowest BCUT2D eigenvalue weighted by molar-refractivity contribution is 0.656. The molecule has 0 unspecified atom stereocenters. The largest absolute Gasteiger partial charge is 0.436 e. The third kappa shape index (κ3) is 2.96. The molecule has 8 aromatic rings. The van der Waals surface area contributed by atoms with Crippen LogP contribution in [0.15, 0.2) is 120 Å². The number of imidazole rings is 2. The summed E-state index contributed by atoms with van der Waals surface area (Å²) in [5.41, 5.74) is 8.10. The van der Waals surface area contributed by atoms with Crippen molar-refractivity contribution in [3.8, 4) is 28.5 Å². The molecule has 0 saturated heterocycles. The van der Waals surface area contributed by atoms with Gasteiger partial charge in [0.05, 0.1) is 22.4 Å². The topological polar surface area (TPSA) is 61.2 Å². The monoisotopic (exact) mass is 477 g/mol. The quantitative estimate of drug-likeness (QED) is 0.268. The van der Waals surface area contributed by atoms with Gasteiger partial charge in [-0.3, -0.25) is 4.40 Å². The maximum absolute atomic E-state index is 6.14. The van der Waals surface area contributed by atoms with Gasteiger partial charge in [-0.1, -0.05) is 84.9 Å². The lowest BCUT2D eigenvalue weighted by atomic mass is 10.1. The Kier molecular flexibility index (Phi) is 4.13. The van der Waals surface area contributed by atoms with Crippen molar-refractivity contribution < 1.29 is 4.42 Å². The molecule has 0 radical (unpaired) electrons. The van der Waals surface area contributed by atoms with Crippen molar-refractivity contribution in [3.63, 3.8) is 0 Å². The van der Waals surface area contributed by atoms with E-state index in [4.69, 9.17) is 19.4 Å². The summed E-state index contributed by atoms with van der Waals surface area (Å²) >= 11 is 0. The van der Waals surface area contributed by atoms with Gasteiger partial charge in [-0.15, -0.1) is 0 Å². The van der Waals surface area contributed by atoms with Gasteiger partial charge in [0.2, 0.25) is 17.4 Å². The van der Waals surface area contributed by atoms with E-state index in [2.05, 4.69) is 46.9 Å². The second-order valence-corrected chi connectivity index (χ2v) is 8.99. The molecule has 4 aromatic heterocycles. The van der Waals surface area contributed by atoms with Gasteiger partial charge in [0, 0.05) is 16.5 Å². The van der Waals surface area contributed by atoms with E-state index < -0.39 is 0 Å². The van der Waals surface area contributed by atoms with Crippen LogP contribution < -0.4 is 0 Å². The molecule has 4 aromatic carbocycles. The first-order valence-electron chi connectivity index (χ1n) is 12.1. The molecular weight excluding hydrogens is 458 g/mol. The molecule has 0 saturated carbocycles. The number of benzene rings is 4. The van der Waals surface area contributed by atoms with Crippen LogP contribution in [0.25, 0.3) is 67.5 Å². The highest BCUT2D eigenvalue weighted by Gasteiger charge is 2.23.